The van der Waals surface area contributed by atoms with Gasteiger partial charge in [0.2, 0.25) is 0 Å². The third kappa shape index (κ3) is 8.65. The molecule has 0 bridgehead atoms. The first-order valence-corrected chi connectivity index (χ1v) is 12.2. The zero-order valence-electron chi connectivity index (χ0n) is 19.3. The van der Waals surface area contributed by atoms with Gasteiger partial charge in [-0.1, -0.05) is 48.8 Å². The van der Waals surface area contributed by atoms with E-state index >= 15 is 0 Å². The fourth-order valence-electron chi connectivity index (χ4n) is 2.57. The van der Waals surface area contributed by atoms with E-state index in [1.165, 1.54) is 6.21 Å². The van der Waals surface area contributed by atoms with Gasteiger partial charge in [-0.15, -0.1) is 10.2 Å². The highest BCUT2D eigenvalue weighted by Crippen LogP contribution is 2.29. The van der Waals surface area contributed by atoms with Crippen molar-refractivity contribution < 1.29 is 23.4 Å². The summed E-state index contributed by atoms with van der Waals surface area (Å²) < 4.78 is 22.1. The first-order chi connectivity index (χ1) is 16.8. The van der Waals surface area contributed by atoms with Gasteiger partial charge in [0.1, 0.15) is 5.75 Å². The molecule has 1 heterocycles. The summed E-state index contributed by atoms with van der Waals surface area (Å²) in [6, 6.07) is 10.3. The van der Waals surface area contributed by atoms with Crippen molar-refractivity contribution >= 4 is 47.1 Å². The van der Waals surface area contributed by atoms with Crippen molar-refractivity contribution in [1.29, 1.82) is 0 Å². The third-order valence-corrected chi connectivity index (χ3v) is 5.53. The summed E-state index contributed by atoms with van der Waals surface area (Å²) in [7, 11) is 1.57. The largest absolute Gasteiger partial charge is 0.493 e. The molecule has 0 fully saturated rings. The van der Waals surface area contributed by atoms with Gasteiger partial charge < -0.3 is 18.6 Å². The Hall–Kier alpha value is -2.95. The third-order valence-electron chi connectivity index (χ3n) is 4.18. The number of carbonyl (C=O) groups is 1. The number of aromatic nitrogens is 2. The zero-order valence-corrected chi connectivity index (χ0v) is 21.6. The quantitative estimate of drug-likeness (QED) is 0.189. The van der Waals surface area contributed by atoms with Gasteiger partial charge >= 0.3 is 0 Å². The second kappa shape index (κ2) is 13.2. The van der Waals surface area contributed by atoms with E-state index in [-0.39, 0.29) is 29.4 Å². The number of hydrazone groups is 1. The molecule has 12 heteroatoms. The number of nitrogens with one attached hydrogen (secondary N) is 1. The Labute approximate surface area is 217 Å². The van der Waals surface area contributed by atoms with Crippen LogP contribution in [0.15, 0.2) is 51.1 Å². The minimum Gasteiger partial charge on any atom is -0.493 e. The molecule has 0 aliphatic carbocycles. The van der Waals surface area contributed by atoms with E-state index in [1.807, 2.05) is 6.07 Å². The van der Waals surface area contributed by atoms with Crippen LogP contribution in [0, 0.1) is 5.92 Å². The van der Waals surface area contributed by atoms with Gasteiger partial charge in [0.05, 0.1) is 30.7 Å². The molecule has 35 heavy (non-hydrogen) atoms. The number of rotatable bonds is 12. The van der Waals surface area contributed by atoms with Gasteiger partial charge in [0, 0.05) is 5.02 Å². The lowest BCUT2D eigenvalue weighted by Gasteiger charge is -2.12. The van der Waals surface area contributed by atoms with Gasteiger partial charge in [0.25, 0.3) is 17.0 Å². The van der Waals surface area contributed by atoms with Crippen LogP contribution in [0.3, 0.4) is 0 Å². The summed E-state index contributed by atoms with van der Waals surface area (Å²) >= 11 is 13.0. The van der Waals surface area contributed by atoms with E-state index in [0.717, 1.165) is 17.3 Å². The molecular formula is C23H24Cl2N4O5S. The number of hydrogen-bond donors (Lipinski definition) is 1. The minimum atomic E-state index is -0.334. The molecule has 1 aromatic heterocycles. The van der Waals surface area contributed by atoms with E-state index in [4.69, 9.17) is 41.8 Å². The summed E-state index contributed by atoms with van der Waals surface area (Å²) in [6.45, 7) is 4.75. The number of benzene rings is 2. The van der Waals surface area contributed by atoms with Crippen molar-refractivity contribution in [2.24, 2.45) is 11.0 Å². The SMILES string of the molecule is COc1cc(/C=N\NC(=O)CSc2nnc(COc3ccc(Cl)cc3Cl)o2)ccc1OCC(C)C. The predicted molar refractivity (Wildman–Crippen MR) is 135 cm³/mol. The minimum absolute atomic E-state index is 0.0240. The first kappa shape index (κ1) is 26.7. The summed E-state index contributed by atoms with van der Waals surface area (Å²) in [5.41, 5.74) is 3.20. The van der Waals surface area contributed by atoms with Gasteiger partial charge in [-0.05, 0) is 47.9 Å². The Morgan fingerprint density at radius 1 is 1.14 bits per heavy atom. The van der Waals surface area contributed by atoms with E-state index in [2.05, 4.69) is 34.6 Å². The molecule has 0 saturated heterocycles. The molecule has 3 rings (SSSR count). The maximum atomic E-state index is 12.1. The van der Waals surface area contributed by atoms with Gasteiger partial charge in [-0.3, -0.25) is 4.79 Å². The van der Waals surface area contributed by atoms with Crippen molar-refractivity contribution in [1.82, 2.24) is 15.6 Å². The van der Waals surface area contributed by atoms with Crippen molar-refractivity contribution in [3.05, 3.63) is 57.9 Å². The Morgan fingerprint density at radius 2 is 1.94 bits per heavy atom. The summed E-state index contributed by atoms with van der Waals surface area (Å²) in [5.74, 6) is 2.02. The van der Waals surface area contributed by atoms with Gasteiger partial charge in [-0.25, -0.2) is 5.43 Å². The molecule has 1 N–H and O–H groups in total. The summed E-state index contributed by atoms with van der Waals surface area (Å²) in [6.07, 6.45) is 1.52. The monoisotopic (exact) mass is 538 g/mol. The molecule has 0 saturated carbocycles. The molecule has 186 valence electrons. The highest BCUT2D eigenvalue weighted by atomic mass is 35.5. The molecular weight excluding hydrogens is 515 g/mol. The lowest BCUT2D eigenvalue weighted by Crippen LogP contribution is -2.19. The predicted octanol–water partition coefficient (Wildman–Crippen LogP) is 5.24. The molecule has 0 radical (unpaired) electrons. The van der Waals surface area contributed by atoms with E-state index < -0.39 is 0 Å². The van der Waals surface area contributed by atoms with E-state index in [1.54, 1.807) is 37.4 Å². The normalized spacial score (nSPS) is 11.1. The number of halogens is 2. The molecule has 0 unspecified atom stereocenters. The van der Waals surface area contributed by atoms with Crippen LogP contribution in [0.5, 0.6) is 17.2 Å². The van der Waals surface area contributed by atoms with Crippen LogP contribution < -0.4 is 19.6 Å². The number of nitrogens with zero attached hydrogens (tertiary/aromatic N) is 3. The highest BCUT2D eigenvalue weighted by Gasteiger charge is 2.11. The lowest BCUT2D eigenvalue weighted by molar-refractivity contribution is -0.118. The van der Waals surface area contributed by atoms with Crippen LogP contribution in [-0.2, 0) is 11.4 Å². The molecule has 2 aromatic carbocycles. The summed E-state index contributed by atoms with van der Waals surface area (Å²) in [5, 5.41) is 12.9. The lowest BCUT2D eigenvalue weighted by atomic mass is 10.2. The first-order valence-electron chi connectivity index (χ1n) is 10.5. The zero-order chi connectivity index (χ0) is 25.2. The topological polar surface area (TPSA) is 108 Å². The average molecular weight is 539 g/mol. The standard InChI is InChI=1S/C23H24Cl2N4O5S/c1-14(2)11-32-19-6-4-15(8-20(19)31-3)10-26-27-21(30)13-35-23-29-28-22(34-23)12-33-18-7-5-16(24)9-17(18)25/h4-10,14H,11-13H2,1-3H3,(H,27,30)/b26-10-. The van der Waals surface area contributed by atoms with Crippen molar-refractivity contribution in [3.8, 4) is 17.2 Å². The van der Waals surface area contributed by atoms with Crippen LogP contribution in [0.1, 0.15) is 25.3 Å². The van der Waals surface area contributed by atoms with Crippen molar-refractivity contribution in [2.45, 2.75) is 25.7 Å². The van der Waals surface area contributed by atoms with Gasteiger partial charge in [-0.2, -0.15) is 5.10 Å². The Morgan fingerprint density at radius 3 is 2.69 bits per heavy atom. The van der Waals surface area contributed by atoms with Crippen LogP contribution >= 0.6 is 35.0 Å². The second-order valence-electron chi connectivity index (χ2n) is 7.52. The molecule has 1 amide bonds. The smallest absolute Gasteiger partial charge is 0.277 e. The number of hydrogen-bond acceptors (Lipinski definition) is 9. The van der Waals surface area contributed by atoms with Crippen LogP contribution in [0.2, 0.25) is 10.0 Å². The fraction of sp³-hybridized carbons (Fsp3) is 0.304. The molecule has 0 spiro atoms. The number of ether oxygens (including phenoxy) is 3. The maximum absolute atomic E-state index is 12.1. The molecule has 3 aromatic rings. The summed E-state index contributed by atoms with van der Waals surface area (Å²) in [4.78, 5) is 12.1. The molecule has 0 atom stereocenters. The van der Waals surface area contributed by atoms with Crippen LogP contribution in [0.25, 0.3) is 0 Å². The van der Waals surface area contributed by atoms with Crippen molar-refractivity contribution in [2.75, 3.05) is 19.5 Å². The fourth-order valence-corrected chi connectivity index (χ4v) is 3.60. The Balaban J connectivity index is 1.44. The number of thioether (sulfide) groups is 1. The Bertz CT molecular complexity index is 1170. The molecule has 0 aliphatic rings. The average Bonchev–Trinajstić information content (AvgIpc) is 3.29. The number of carbonyl (C=O) groups excluding carboxylic acids is 1. The second-order valence-corrected chi connectivity index (χ2v) is 9.29. The van der Waals surface area contributed by atoms with E-state index in [9.17, 15) is 4.79 Å². The molecule has 0 aliphatic heterocycles. The number of amides is 1. The van der Waals surface area contributed by atoms with Crippen molar-refractivity contribution in [3.63, 3.8) is 0 Å². The number of methoxy groups -OCH3 is 1. The Kier molecular flexibility index (Phi) is 10.1. The maximum Gasteiger partial charge on any atom is 0.277 e. The van der Waals surface area contributed by atoms with E-state index in [0.29, 0.717) is 39.8 Å². The van der Waals surface area contributed by atoms with Gasteiger partial charge in [0.15, 0.2) is 18.1 Å². The molecule has 9 nitrogen and oxygen atoms in total. The van der Waals surface area contributed by atoms with Crippen LogP contribution in [-0.4, -0.2) is 41.8 Å². The van der Waals surface area contributed by atoms with Crippen LogP contribution in [0.4, 0.5) is 0 Å². The highest BCUT2D eigenvalue weighted by molar-refractivity contribution is 7.99.